The molecule has 2 aromatic heterocycles. The molecule has 12 heteroatoms. The van der Waals surface area contributed by atoms with Crippen molar-refractivity contribution in [3.8, 4) is 0 Å². The van der Waals surface area contributed by atoms with E-state index in [0.717, 1.165) is 10.1 Å². The number of halogens is 3. The maximum absolute atomic E-state index is 13.2. The van der Waals surface area contributed by atoms with Crippen molar-refractivity contribution in [2.45, 2.75) is 6.54 Å². The van der Waals surface area contributed by atoms with Gasteiger partial charge in [-0.15, -0.1) is 16.4 Å². The van der Waals surface area contributed by atoms with Crippen molar-refractivity contribution in [3.05, 3.63) is 69.0 Å². The second-order valence-corrected chi connectivity index (χ2v) is 8.77. The van der Waals surface area contributed by atoms with E-state index in [1.807, 2.05) is 6.07 Å². The number of esters is 1. The number of hydrogen-bond acceptors (Lipinski definition) is 6. The normalized spacial score (nSPS) is 10.9. The number of benzene rings is 2. The fourth-order valence-electron chi connectivity index (χ4n) is 2.88. The Morgan fingerprint density at radius 1 is 1.25 bits per heavy atom. The predicted octanol–water partition coefficient (Wildman–Crippen LogP) is 5.58. The molecule has 0 unspecified atom stereocenters. The van der Waals surface area contributed by atoms with E-state index >= 15 is 0 Å². The van der Waals surface area contributed by atoms with Crippen LogP contribution in [-0.2, 0) is 11.3 Å². The molecule has 0 atom stereocenters. The fraction of sp³-hybridized carbons (Fsp3) is 0.100. The minimum Gasteiger partial charge on any atom is -0.465 e. The molecule has 4 aromatic rings. The third-order valence-corrected chi connectivity index (χ3v) is 6.56. The monoisotopic (exact) mass is 509 g/mol. The van der Waals surface area contributed by atoms with Crippen molar-refractivity contribution < 1.29 is 13.9 Å². The zero-order valence-electron chi connectivity index (χ0n) is 16.4. The number of hydrogen-bond donors (Lipinski definition) is 2. The number of ether oxygens (including phenoxy) is 1. The van der Waals surface area contributed by atoms with Gasteiger partial charge in [-0.2, -0.15) is 0 Å². The second kappa shape index (κ2) is 9.37. The van der Waals surface area contributed by atoms with E-state index in [1.54, 1.807) is 22.9 Å². The number of thiocarbonyl (C=S) groups is 1. The van der Waals surface area contributed by atoms with Gasteiger partial charge >= 0.3 is 5.97 Å². The van der Waals surface area contributed by atoms with Gasteiger partial charge in [0.2, 0.25) is 5.95 Å². The van der Waals surface area contributed by atoms with Gasteiger partial charge in [0.05, 0.1) is 18.7 Å². The molecule has 0 saturated heterocycles. The highest BCUT2D eigenvalue weighted by atomic mass is 35.5. The maximum atomic E-state index is 13.2. The highest BCUT2D eigenvalue weighted by molar-refractivity contribution is 7.80. The quantitative estimate of drug-likeness (QED) is 0.268. The molecule has 32 heavy (non-hydrogen) atoms. The Kier molecular flexibility index (Phi) is 6.56. The molecule has 2 N–H and O–H groups in total. The lowest BCUT2D eigenvalue weighted by molar-refractivity contribution is 0.0606. The van der Waals surface area contributed by atoms with Crippen molar-refractivity contribution in [3.63, 3.8) is 0 Å². The van der Waals surface area contributed by atoms with Gasteiger partial charge in [-0.05, 0) is 48.1 Å². The summed E-state index contributed by atoms with van der Waals surface area (Å²) in [5.41, 5.74) is 1.40. The lowest BCUT2D eigenvalue weighted by atomic mass is 10.2. The second-order valence-electron chi connectivity index (χ2n) is 6.53. The average Bonchev–Trinajstić information content (AvgIpc) is 3.33. The lowest BCUT2D eigenvalue weighted by Gasteiger charge is -2.08. The summed E-state index contributed by atoms with van der Waals surface area (Å²) in [6.45, 7) is 0.326. The van der Waals surface area contributed by atoms with E-state index in [1.165, 1.54) is 36.9 Å². The van der Waals surface area contributed by atoms with Crippen LogP contribution in [-0.4, -0.2) is 33.0 Å². The summed E-state index contributed by atoms with van der Waals surface area (Å²) in [4.78, 5) is 16.3. The first-order valence-electron chi connectivity index (χ1n) is 9.06. The standard InChI is InChI=1S/C20H14Cl2FN5O2S2/c1-30-18(29)17-16(22)13-5-4-12(7-15(13)32-17)25-20(31)26-19-24-9-28(27-19)8-10-2-3-11(23)6-14(10)21/h2-7,9H,8H2,1H3,(H2,25,26,27,31). The number of aromatic nitrogens is 3. The molecule has 0 fully saturated rings. The molecule has 0 spiro atoms. The van der Waals surface area contributed by atoms with Crippen molar-refractivity contribution in [2.75, 3.05) is 17.7 Å². The summed E-state index contributed by atoms with van der Waals surface area (Å²) in [5.74, 6) is -0.596. The Hall–Kier alpha value is -2.79. The maximum Gasteiger partial charge on any atom is 0.349 e. The van der Waals surface area contributed by atoms with E-state index in [2.05, 4.69) is 20.7 Å². The number of methoxy groups -OCH3 is 1. The summed E-state index contributed by atoms with van der Waals surface area (Å²) in [5, 5.41) is 11.9. The van der Waals surface area contributed by atoms with Crippen molar-refractivity contribution in [2.24, 2.45) is 0 Å². The van der Waals surface area contributed by atoms with Crippen LogP contribution < -0.4 is 10.6 Å². The summed E-state index contributed by atoms with van der Waals surface area (Å²) < 4.78 is 20.3. The predicted molar refractivity (Wildman–Crippen MR) is 129 cm³/mol. The molecule has 0 bridgehead atoms. The smallest absolute Gasteiger partial charge is 0.349 e. The molecule has 4 rings (SSSR count). The third-order valence-electron chi connectivity index (χ3n) is 4.37. The van der Waals surface area contributed by atoms with Gasteiger partial charge in [-0.3, -0.25) is 5.32 Å². The number of nitrogens with zero attached hydrogens (tertiary/aromatic N) is 3. The molecule has 0 amide bonds. The molecule has 0 aliphatic carbocycles. The van der Waals surface area contributed by atoms with Crippen LogP contribution in [0.15, 0.2) is 42.7 Å². The van der Waals surface area contributed by atoms with E-state index in [4.69, 9.17) is 40.2 Å². The molecular weight excluding hydrogens is 496 g/mol. The lowest BCUT2D eigenvalue weighted by Crippen LogP contribution is -2.20. The minimum atomic E-state index is -0.480. The molecule has 0 saturated carbocycles. The van der Waals surface area contributed by atoms with E-state index in [0.29, 0.717) is 32.7 Å². The van der Waals surface area contributed by atoms with Crippen molar-refractivity contribution in [1.82, 2.24) is 14.8 Å². The molecule has 2 heterocycles. The van der Waals surface area contributed by atoms with Gasteiger partial charge in [0.15, 0.2) is 5.11 Å². The molecule has 0 radical (unpaired) electrons. The van der Waals surface area contributed by atoms with Crippen molar-refractivity contribution >= 4 is 79.6 Å². The first kappa shape index (κ1) is 22.4. The first-order valence-corrected chi connectivity index (χ1v) is 11.0. The van der Waals surface area contributed by atoms with Crippen LogP contribution in [0.1, 0.15) is 15.2 Å². The van der Waals surface area contributed by atoms with Gasteiger partial charge in [0, 0.05) is 20.8 Å². The Labute approximate surface area is 201 Å². The van der Waals surface area contributed by atoms with Crippen LogP contribution >= 0.6 is 46.8 Å². The van der Waals surface area contributed by atoms with Crippen LogP contribution in [0.4, 0.5) is 16.0 Å². The third kappa shape index (κ3) is 4.83. The Balaban J connectivity index is 1.42. The Morgan fingerprint density at radius 2 is 2.06 bits per heavy atom. The van der Waals surface area contributed by atoms with Gasteiger partial charge in [-0.1, -0.05) is 29.3 Å². The van der Waals surface area contributed by atoms with Crippen molar-refractivity contribution in [1.29, 1.82) is 0 Å². The van der Waals surface area contributed by atoms with E-state index in [-0.39, 0.29) is 11.1 Å². The summed E-state index contributed by atoms with van der Waals surface area (Å²) >= 11 is 18.9. The van der Waals surface area contributed by atoms with Gasteiger partial charge < -0.3 is 10.1 Å². The van der Waals surface area contributed by atoms with Gasteiger partial charge in [-0.25, -0.2) is 18.9 Å². The molecule has 7 nitrogen and oxygen atoms in total. The van der Waals surface area contributed by atoms with Crippen LogP contribution in [0.2, 0.25) is 10.0 Å². The number of carbonyl (C=O) groups is 1. The van der Waals surface area contributed by atoms with Gasteiger partial charge in [0.1, 0.15) is 17.0 Å². The minimum absolute atomic E-state index is 0.276. The Morgan fingerprint density at radius 3 is 2.81 bits per heavy atom. The SMILES string of the molecule is COC(=O)c1sc2cc(NC(=S)Nc3ncn(Cc4ccc(F)cc4Cl)n3)ccc2c1Cl. The molecule has 0 aliphatic rings. The highest BCUT2D eigenvalue weighted by Crippen LogP contribution is 2.37. The largest absolute Gasteiger partial charge is 0.465 e. The summed E-state index contributed by atoms with van der Waals surface area (Å²) in [6, 6.07) is 9.59. The number of anilines is 2. The fourth-order valence-corrected chi connectivity index (χ4v) is 4.79. The van der Waals surface area contributed by atoms with E-state index < -0.39 is 11.8 Å². The zero-order chi connectivity index (χ0) is 22.8. The molecule has 0 aliphatic heterocycles. The molecular formula is C20H14Cl2FN5O2S2. The number of rotatable bonds is 5. The Bertz CT molecular complexity index is 1340. The molecule has 164 valence electrons. The van der Waals surface area contributed by atoms with Crippen LogP contribution in [0.3, 0.4) is 0 Å². The number of nitrogens with one attached hydrogen (secondary N) is 2. The van der Waals surface area contributed by atoms with E-state index in [9.17, 15) is 9.18 Å². The average molecular weight is 510 g/mol. The summed E-state index contributed by atoms with van der Waals surface area (Å²) in [6.07, 6.45) is 1.51. The number of carbonyl (C=O) groups excluding carboxylic acids is 1. The van der Waals surface area contributed by atoms with Crippen LogP contribution in [0.25, 0.3) is 10.1 Å². The highest BCUT2D eigenvalue weighted by Gasteiger charge is 2.18. The first-order chi connectivity index (χ1) is 15.3. The topological polar surface area (TPSA) is 81.1 Å². The zero-order valence-corrected chi connectivity index (χ0v) is 19.5. The van der Waals surface area contributed by atoms with Gasteiger partial charge in [0.25, 0.3) is 0 Å². The number of fused-ring (bicyclic) bond motifs is 1. The summed E-state index contributed by atoms with van der Waals surface area (Å²) in [7, 11) is 1.31. The van der Waals surface area contributed by atoms with Crippen LogP contribution in [0.5, 0.6) is 0 Å². The van der Waals surface area contributed by atoms with Crippen LogP contribution in [0, 0.1) is 5.82 Å². The number of thiophene rings is 1. The molecule has 2 aromatic carbocycles.